The third-order valence-electron chi connectivity index (χ3n) is 4.47. The molecule has 0 unspecified atom stereocenters. The number of ether oxygens (including phenoxy) is 1. The Kier molecular flexibility index (Phi) is 7.33. The zero-order valence-electron chi connectivity index (χ0n) is 16.3. The molecule has 0 atom stereocenters. The molecule has 1 aliphatic heterocycles. The van der Waals surface area contributed by atoms with Crippen LogP contribution >= 0.6 is 12.4 Å². The number of halogens is 1. The zero-order chi connectivity index (χ0) is 18.0. The molecule has 0 bridgehead atoms. The second kappa shape index (κ2) is 8.41. The summed E-state index contributed by atoms with van der Waals surface area (Å²) in [5, 5.41) is 6.75. The van der Waals surface area contributed by atoms with E-state index in [9.17, 15) is 4.79 Å². The number of carbonyl (C=O) groups excluding carboxylic acids is 1. The van der Waals surface area contributed by atoms with E-state index >= 15 is 0 Å². The van der Waals surface area contributed by atoms with Crippen LogP contribution in [-0.4, -0.2) is 29.6 Å². The lowest BCUT2D eigenvalue weighted by Gasteiger charge is -2.46. The van der Waals surface area contributed by atoms with Gasteiger partial charge in [0.15, 0.2) is 6.61 Å². The van der Waals surface area contributed by atoms with E-state index in [0.717, 1.165) is 18.6 Å². The van der Waals surface area contributed by atoms with Crippen LogP contribution < -0.4 is 15.4 Å². The summed E-state index contributed by atoms with van der Waals surface area (Å²) in [6, 6.07) is 8.14. The highest BCUT2D eigenvalue weighted by atomic mass is 35.5. The smallest absolute Gasteiger partial charge is 0.258 e. The summed E-state index contributed by atoms with van der Waals surface area (Å²) in [6.07, 6.45) is 1.84. The fourth-order valence-electron chi connectivity index (χ4n) is 3.79. The molecule has 0 radical (unpaired) electrons. The summed E-state index contributed by atoms with van der Waals surface area (Å²) < 4.78 is 5.62. The van der Waals surface area contributed by atoms with Crippen LogP contribution in [-0.2, 0) is 4.79 Å². The van der Waals surface area contributed by atoms with Crippen molar-refractivity contribution in [3.63, 3.8) is 0 Å². The van der Waals surface area contributed by atoms with Crippen LogP contribution in [0.5, 0.6) is 5.75 Å². The fraction of sp³-hybridized carbons (Fsp3) is 0.650. The van der Waals surface area contributed by atoms with E-state index < -0.39 is 0 Å². The maximum Gasteiger partial charge on any atom is 0.258 e. The van der Waals surface area contributed by atoms with Crippen molar-refractivity contribution in [2.75, 3.05) is 6.61 Å². The van der Waals surface area contributed by atoms with Crippen molar-refractivity contribution < 1.29 is 9.53 Å². The summed E-state index contributed by atoms with van der Waals surface area (Å²) in [5.41, 5.74) is 1.31. The predicted octanol–water partition coefficient (Wildman–Crippen LogP) is 4.04. The minimum atomic E-state index is -0.0542. The summed E-state index contributed by atoms with van der Waals surface area (Å²) in [7, 11) is 0. The van der Waals surface area contributed by atoms with Gasteiger partial charge in [-0.1, -0.05) is 26.0 Å². The Morgan fingerprint density at radius 3 is 2.16 bits per heavy atom. The third-order valence-corrected chi connectivity index (χ3v) is 4.47. The second-order valence-electron chi connectivity index (χ2n) is 8.58. The summed E-state index contributed by atoms with van der Waals surface area (Å²) in [5.74, 6) is 1.18. The third kappa shape index (κ3) is 6.87. The predicted molar refractivity (Wildman–Crippen MR) is 106 cm³/mol. The molecule has 2 rings (SSSR count). The van der Waals surface area contributed by atoms with Gasteiger partial charge >= 0.3 is 0 Å². The lowest BCUT2D eigenvalue weighted by Crippen LogP contribution is -2.62. The molecule has 1 amide bonds. The summed E-state index contributed by atoms with van der Waals surface area (Å²) in [4.78, 5) is 12.2. The van der Waals surface area contributed by atoms with Crippen LogP contribution in [0.3, 0.4) is 0 Å². The van der Waals surface area contributed by atoms with E-state index in [2.05, 4.69) is 64.3 Å². The van der Waals surface area contributed by atoms with Gasteiger partial charge in [0.25, 0.3) is 5.91 Å². The van der Waals surface area contributed by atoms with Crippen LogP contribution in [0.1, 0.15) is 65.9 Å². The number of rotatable bonds is 5. The highest BCUT2D eigenvalue weighted by Crippen LogP contribution is 2.28. The Hall–Kier alpha value is -1.26. The van der Waals surface area contributed by atoms with Crippen molar-refractivity contribution in [2.24, 2.45) is 0 Å². The zero-order valence-corrected chi connectivity index (χ0v) is 17.1. The lowest BCUT2D eigenvalue weighted by molar-refractivity contribution is -0.124. The SMILES string of the molecule is CC(C)c1ccc(OCC(=O)NC2CC(C)(C)NC(C)(C)C2)cc1.Cl. The first-order valence-corrected chi connectivity index (χ1v) is 8.88. The van der Waals surface area contributed by atoms with Crippen molar-refractivity contribution in [2.45, 2.75) is 77.4 Å². The van der Waals surface area contributed by atoms with Gasteiger partial charge in [0.05, 0.1) is 0 Å². The Labute approximate surface area is 158 Å². The van der Waals surface area contributed by atoms with Gasteiger partial charge in [-0.15, -0.1) is 12.4 Å². The molecule has 0 spiro atoms. The molecular formula is C20H33ClN2O2. The minimum absolute atomic E-state index is 0. The number of carbonyl (C=O) groups is 1. The van der Waals surface area contributed by atoms with Gasteiger partial charge in [-0.3, -0.25) is 4.79 Å². The first-order valence-electron chi connectivity index (χ1n) is 8.88. The monoisotopic (exact) mass is 368 g/mol. The van der Waals surface area contributed by atoms with Gasteiger partial charge in [0, 0.05) is 17.1 Å². The lowest BCUT2D eigenvalue weighted by atomic mass is 9.79. The first kappa shape index (κ1) is 21.8. The van der Waals surface area contributed by atoms with Crippen molar-refractivity contribution in [1.82, 2.24) is 10.6 Å². The van der Waals surface area contributed by atoms with Crippen LogP contribution in [0, 0.1) is 0 Å². The van der Waals surface area contributed by atoms with Crippen LogP contribution in [0.15, 0.2) is 24.3 Å². The van der Waals surface area contributed by atoms with E-state index in [1.54, 1.807) is 0 Å². The van der Waals surface area contributed by atoms with Crippen molar-refractivity contribution in [3.8, 4) is 5.75 Å². The second-order valence-corrected chi connectivity index (χ2v) is 8.58. The largest absolute Gasteiger partial charge is 0.484 e. The molecule has 4 nitrogen and oxygen atoms in total. The average molecular weight is 369 g/mol. The highest BCUT2D eigenvalue weighted by molar-refractivity contribution is 5.85. The highest BCUT2D eigenvalue weighted by Gasteiger charge is 2.38. The van der Waals surface area contributed by atoms with Gasteiger partial charge in [0.1, 0.15) is 5.75 Å². The Morgan fingerprint density at radius 1 is 1.16 bits per heavy atom. The molecule has 1 aromatic carbocycles. The first-order chi connectivity index (χ1) is 11.1. The molecule has 5 heteroatoms. The number of benzene rings is 1. The number of piperidine rings is 1. The molecule has 25 heavy (non-hydrogen) atoms. The Balaban J connectivity index is 0.00000312. The summed E-state index contributed by atoms with van der Waals surface area (Å²) in [6.45, 7) is 13.1. The van der Waals surface area contributed by atoms with Crippen LogP contribution in [0.25, 0.3) is 0 Å². The van der Waals surface area contributed by atoms with Crippen LogP contribution in [0.2, 0.25) is 0 Å². The number of amides is 1. The average Bonchev–Trinajstić information content (AvgIpc) is 2.42. The fourth-order valence-corrected chi connectivity index (χ4v) is 3.79. The van der Waals surface area contributed by atoms with Gasteiger partial charge in [-0.2, -0.15) is 0 Å². The van der Waals surface area contributed by atoms with E-state index in [-0.39, 0.29) is 42.0 Å². The van der Waals surface area contributed by atoms with Crippen molar-refractivity contribution in [3.05, 3.63) is 29.8 Å². The van der Waals surface area contributed by atoms with E-state index in [4.69, 9.17) is 4.74 Å². The molecule has 1 aliphatic rings. The molecule has 142 valence electrons. The number of hydrogen-bond acceptors (Lipinski definition) is 3. The quantitative estimate of drug-likeness (QED) is 0.824. The topological polar surface area (TPSA) is 50.4 Å². The molecule has 1 aromatic rings. The standard InChI is InChI=1S/C20H32N2O2.ClH/c1-14(2)15-7-9-17(10-8-15)24-13-18(23)21-16-11-19(3,4)22-20(5,6)12-16;/h7-10,14,16,22H,11-13H2,1-6H3,(H,21,23);1H. The molecule has 0 saturated carbocycles. The van der Waals surface area contributed by atoms with Gasteiger partial charge in [-0.05, 0) is 64.2 Å². The number of hydrogen-bond donors (Lipinski definition) is 2. The molecule has 2 N–H and O–H groups in total. The number of nitrogens with one attached hydrogen (secondary N) is 2. The Morgan fingerprint density at radius 2 is 1.68 bits per heavy atom. The molecule has 0 aromatic heterocycles. The molecule has 1 fully saturated rings. The Bertz CT molecular complexity index is 552. The maximum absolute atomic E-state index is 12.2. The molecule has 0 aliphatic carbocycles. The van der Waals surface area contributed by atoms with E-state index in [1.165, 1.54) is 5.56 Å². The summed E-state index contributed by atoms with van der Waals surface area (Å²) >= 11 is 0. The van der Waals surface area contributed by atoms with Gasteiger partial charge < -0.3 is 15.4 Å². The molecule has 1 heterocycles. The molecular weight excluding hydrogens is 336 g/mol. The van der Waals surface area contributed by atoms with E-state index in [0.29, 0.717) is 5.92 Å². The van der Waals surface area contributed by atoms with Crippen molar-refractivity contribution >= 4 is 18.3 Å². The van der Waals surface area contributed by atoms with Crippen LogP contribution in [0.4, 0.5) is 0 Å². The van der Waals surface area contributed by atoms with E-state index in [1.807, 2.05) is 12.1 Å². The van der Waals surface area contributed by atoms with Gasteiger partial charge in [0.2, 0.25) is 0 Å². The van der Waals surface area contributed by atoms with Gasteiger partial charge in [-0.25, -0.2) is 0 Å². The normalized spacial score (nSPS) is 19.2. The minimum Gasteiger partial charge on any atom is -0.484 e. The van der Waals surface area contributed by atoms with Crippen molar-refractivity contribution in [1.29, 1.82) is 0 Å². The molecule has 1 saturated heterocycles. The maximum atomic E-state index is 12.2.